The Morgan fingerprint density at radius 3 is 3.00 bits per heavy atom. The van der Waals surface area contributed by atoms with Crippen molar-refractivity contribution in [2.24, 2.45) is 0 Å². The largest absolute Gasteiger partial charge is 0.373 e. The van der Waals surface area contributed by atoms with E-state index in [1.54, 1.807) is 25.5 Å². The Hall–Kier alpha value is -3.56. The number of aromatic nitrogens is 5. The van der Waals surface area contributed by atoms with E-state index in [9.17, 15) is 13.6 Å². The summed E-state index contributed by atoms with van der Waals surface area (Å²) in [6.07, 6.45) is 4.86. The first-order valence-corrected chi connectivity index (χ1v) is 9.15. The fourth-order valence-electron chi connectivity index (χ4n) is 3.53. The van der Waals surface area contributed by atoms with Crippen molar-refractivity contribution in [2.75, 3.05) is 12.4 Å². The zero-order chi connectivity index (χ0) is 20.2. The van der Waals surface area contributed by atoms with Crippen LogP contribution in [0.3, 0.4) is 0 Å². The number of alkyl halides is 2. The van der Waals surface area contributed by atoms with Gasteiger partial charge in [-0.3, -0.25) is 4.79 Å². The molecule has 0 saturated heterocycles. The molecule has 29 heavy (non-hydrogen) atoms. The minimum atomic E-state index is -2.87. The van der Waals surface area contributed by atoms with E-state index < -0.39 is 17.9 Å². The molecule has 8 nitrogen and oxygen atoms in total. The van der Waals surface area contributed by atoms with Crippen LogP contribution in [0.4, 0.5) is 14.6 Å². The quantitative estimate of drug-likeness (QED) is 0.492. The highest BCUT2D eigenvalue weighted by Gasteiger charge is 2.49. The van der Waals surface area contributed by atoms with Gasteiger partial charge in [0.1, 0.15) is 17.0 Å². The molecular formula is C19H17F2N7O. The number of fused-ring (bicyclic) bond motifs is 2. The molecule has 1 aliphatic rings. The average Bonchev–Trinajstić information content (AvgIpc) is 3.34. The van der Waals surface area contributed by atoms with Gasteiger partial charge in [0.25, 0.3) is 11.8 Å². The monoisotopic (exact) mass is 397 g/mol. The third kappa shape index (κ3) is 2.71. The molecule has 0 aliphatic heterocycles. The third-order valence-electron chi connectivity index (χ3n) is 5.28. The molecule has 0 bridgehead atoms. The molecule has 1 unspecified atom stereocenters. The smallest absolute Gasteiger partial charge is 0.267 e. The average molecular weight is 397 g/mol. The highest BCUT2D eigenvalue weighted by Crippen LogP contribution is 2.37. The summed E-state index contributed by atoms with van der Waals surface area (Å²) in [7, 11) is 1.73. The Labute approximate surface area is 163 Å². The van der Waals surface area contributed by atoms with Gasteiger partial charge in [-0.15, -0.1) is 0 Å². The summed E-state index contributed by atoms with van der Waals surface area (Å²) in [4.78, 5) is 24.6. The van der Waals surface area contributed by atoms with Crippen LogP contribution in [0.15, 0.2) is 36.8 Å². The predicted octanol–water partition coefficient (Wildman–Crippen LogP) is 2.84. The van der Waals surface area contributed by atoms with Crippen LogP contribution in [-0.2, 0) is 0 Å². The summed E-state index contributed by atoms with van der Waals surface area (Å²) < 4.78 is 28.6. The standard InChI is InChI=1S/C19H17F2N7O/c1-22-15-7-13(11-8-24-16-10(11)3-2-6-23-16)26-17-12(9-25-28(15)17)18(29)27-14-4-5-19(14,20)21/h2-3,6-9,14,22H,4-5H2,1H3,(H,23,24)(H,27,29). The molecule has 4 aromatic heterocycles. The first-order valence-electron chi connectivity index (χ1n) is 9.15. The Kier molecular flexibility index (Phi) is 3.76. The second-order valence-corrected chi connectivity index (χ2v) is 7.00. The summed E-state index contributed by atoms with van der Waals surface area (Å²) in [6, 6.07) is 4.39. The molecule has 1 aliphatic carbocycles. The molecule has 0 spiro atoms. The van der Waals surface area contributed by atoms with Crippen LogP contribution in [0.25, 0.3) is 27.9 Å². The molecule has 10 heteroatoms. The summed E-state index contributed by atoms with van der Waals surface area (Å²) in [5, 5.41) is 10.5. The van der Waals surface area contributed by atoms with Gasteiger partial charge in [-0.05, 0) is 18.6 Å². The molecule has 0 aromatic carbocycles. The fraction of sp³-hybridized carbons (Fsp3) is 0.263. The minimum absolute atomic E-state index is 0.143. The normalized spacial score (nSPS) is 18.0. The van der Waals surface area contributed by atoms with Crippen LogP contribution in [0.2, 0.25) is 0 Å². The molecule has 1 saturated carbocycles. The molecule has 4 aromatic rings. The van der Waals surface area contributed by atoms with E-state index in [1.807, 2.05) is 12.1 Å². The van der Waals surface area contributed by atoms with E-state index in [4.69, 9.17) is 0 Å². The minimum Gasteiger partial charge on any atom is -0.373 e. The lowest BCUT2D eigenvalue weighted by atomic mass is 9.88. The van der Waals surface area contributed by atoms with Crippen LogP contribution in [0, 0.1) is 0 Å². The molecule has 0 radical (unpaired) electrons. The second kappa shape index (κ2) is 6.23. The molecule has 1 fully saturated rings. The number of carbonyl (C=O) groups excluding carboxylic acids is 1. The Morgan fingerprint density at radius 1 is 1.41 bits per heavy atom. The molecule has 148 valence electrons. The van der Waals surface area contributed by atoms with Crippen LogP contribution in [0.1, 0.15) is 23.2 Å². The summed E-state index contributed by atoms with van der Waals surface area (Å²) in [5.41, 5.74) is 2.55. The van der Waals surface area contributed by atoms with Crippen molar-refractivity contribution < 1.29 is 13.6 Å². The van der Waals surface area contributed by atoms with E-state index in [0.29, 0.717) is 17.2 Å². The zero-order valence-corrected chi connectivity index (χ0v) is 15.4. The van der Waals surface area contributed by atoms with Crippen LogP contribution < -0.4 is 10.6 Å². The maximum Gasteiger partial charge on any atom is 0.267 e. The predicted molar refractivity (Wildman–Crippen MR) is 103 cm³/mol. The van der Waals surface area contributed by atoms with Crippen molar-refractivity contribution in [3.8, 4) is 11.3 Å². The third-order valence-corrected chi connectivity index (χ3v) is 5.28. The van der Waals surface area contributed by atoms with Crippen molar-refractivity contribution in [1.82, 2.24) is 29.9 Å². The van der Waals surface area contributed by atoms with E-state index in [0.717, 1.165) is 10.9 Å². The van der Waals surface area contributed by atoms with E-state index >= 15 is 0 Å². The Morgan fingerprint density at radius 2 is 2.28 bits per heavy atom. The maximum atomic E-state index is 13.6. The summed E-state index contributed by atoms with van der Waals surface area (Å²) >= 11 is 0. The first kappa shape index (κ1) is 17.5. The number of aromatic amines is 1. The number of amides is 1. The lowest BCUT2D eigenvalue weighted by molar-refractivity contribution is -0.102. The van der Waals surface area contributed by atoms with Crippen molar-refractivity contribution in [3.63, 3.8) is 0 Å². The van der Waals surface area contributed by atoms with E-state index in [1.165, 1.54) is 10.7 Å². The molecule has 1 atom stereocenters. The number of nitrogens with one attached hydrogen (secondary N) is 3. The van der Waals surface area contributed by atoms with Gasteiger partial charge in [0.2, 0.25) is 0 Å². The van der Waals surface area contributed by atoms with Gasteiger partial charge in [-0.2, -0.15) is 9.61 Å². The van der Waals surface area contributed by atoms with Crippen LogP contribution in [0.5, 0.6) is 0 Å². The van der Waals surface area contributed by atoms with Gasteiger partial charge in [-0.1, -0.05) is 0 Å². The zero-order valence-electron chi connectivity index (χ0n) is 15.4. The maximum absolute atomic E-state index is 13.6. The molecule has 5 rings (SSSR count). The lowest BCUT2D eigenvalue weighted by Crippen LogP contribution is -2.55. The van der Waals surface area contributed by atoms with Crippen molar-refractivity contribution in [3.05, 3.63) is 42.4 Å². The summed E-state index contributed by atoms with van der Waals surface area (Å²) in [6.45, 7) is 0. The molecule has 1 amide bonds. The topological polar surface area (TPSA) is 100 Å². The highest BCUT2D eigenvalue weighted by molar-refractivity contribution is 6.01. The number of hydrogen-bond donors (Lipinski definition) is 3. The van der Waals surface area contributed by atoms with E-state index in [-0.39, 0.29) is 24.1 Å². The lowest BCUT2D eigenvalue weighted by Gasteiger charge is -2.36. The molecule has 4 heterocycles. The van der Waals surface area contributed by atoms with Gasteiger partial charge >= 0.3 is 0 Å². The Bertz CT molecular complexity index is 1250. The van der Waals surface area contributed by atoms with Gasteiger partial charge in [0, 0.05) is 42.9 Å². The first-order chi connectivity index (χ1) is 14.0. The molecular weight excluding hydrogens is 380 g/mol. The fourth-order valence-corrected chi connectivity index (χ4v) is 3.53. The number of pyridine rings is 1. The van der Waals surface area contributed by atoms with Crippen molar-refractivity contribution in [1.29, 1.82) is 0 Å². The number of halogens is 2. The number of anilines is 1. The van der Waals surface area contributed by atoms with Gasteiger partial charge in [0.05, 0.1) is 17.9 Å². The van der Waals surface area contributed by atoms with Crippen molar-refractivity contribution >= 4 is 28.4 Å². The number of carbonyl (C=O) groups is 1. The van der Waals surface area contributed by atoms with E-state index in [2.05, 4.69) is 30.7 Å². The highest BCUT2D eigenvalue weighted by atomic mass is 19.3. The SMILES string of the molecule is CNc1cc(-c2c[nH]c3ncccc23)nc2c(C(=O)NC3CCC3(F)F)cnn12. The number of rotatable bonds is 4. The van der Waals surface area contributed by atoms with Crippen LogP contribution >= 0.6 is 0 Å². The van der Waals surface area contributed by atoms with Gasteiger partial charge in [0.15, 0.2) is 5.65 Å². The number of hydrogen-bond acceptors (Lipinski definition) is 5. The van der Waals surface area contributed by atoms with Gasteiger partial charge < -0.3 is 15.6 Å². The summed E-state index contributed by atoms with van der Waals surface area (Å²) in [5.74, 6) is -2.88. The van der Waals surface area contributed by atoms with Gasteiger partial charge in [-0.25, -0.2) is 18.7 Å². The number of H-pyrrole nitrogens is 1. The molecule has 3 N–H and O–H groups in total. The van der Waals surface area contributed by atoms with Crippen LogP contribution in [-0.4, -0.2) is 49.5 Å². The Balaban J connectivity index is 1.60. The van der Waals surface area contributed by atoms with Crippen molar-refractivity contribution in [2.45, 2.75) is 24.8 Å². The number of nitrogens with zero attached hydrogens (tertiary/aromatic N) is 4. The second-order valence-electron chi connectivity index (χ2n) is 7.00.